The molecule has 1 aliphatic rings. The van der Waals surface area contributed by atoms with E-state index in [1.54, 1.807) is 0 Å². The Bertz CT molecular complexity index is 3120. The van der Waals surface area contributed by atoms with Gasteiger partial charge >= 0.3 is 0 Å². The number of para-hydroxylation sites is 2. The van der Waals surface area contributed by atoms with E-state index in [-0.39, 0.29) is 0 Å². The first-order valence-electron chi connectivity index (χ1n) is 18.5. The molecule has 2 aromatic heterocycles. The van der Waals surface area contributed by atoms with Crippen molar-refractivity contribution in [3.05, 3.63) is 170 Å². The zero-order valence-electron chi connectivity index (χ0n) is 30.0. The van der Waals surface area contributed by atoms with Crippen molar-refractivity contribution in [2.45, 2.75) is 13.1 Å². The van der Waals surface area contributed by atoms with Crippen LogP contribution in [0.2, 0.25) is 13.1 Å². The molecule has 3 heterocycles. The lowest BCUT2D eigenvalue weighted by atomic mass is 9.94. The fourth-order valence-electron chi connectivity index (χ4n) is 9.03. The van der Waals surface area contributed by atoms with E-state index in [1.807, 2.05) is 18.2 Å². The maximum atomic E-state index is 5.41. The lowest BCUT2D eigenvalue weighted by molar-refractivity contribution is 1.08. The molecule has 0 spiro atoms. The van der Waals surface area contributed by atoms with Crippen LogP contribution in [0.25, 0.3) is 94.3 Å². The first-order valence-corrected chi connectivity index (χ1v) is 21.5. The molecule has 0 radical (unpaired) electrons. The molecule has 1 aliphatic heterocycles. The monoisotopic (exact) mass is 706 g/mol. The van der Waals surface area contributed by atoms with Gasteiger partial charge in [0.1, 0.15) is 8.07 Å². The first kappa shape index (κ1) is 30.9. The fraction of sp³-hybridized carbons (Fsp3) is 0.0408. The van der Waals surface area contributed by atoms with Gasteiger partial charge in [0.25, 0.3) is 0 Å². The summed E-state index contributed by atoms with van der Waals surface area (Å²) < 4.78 is 2.43. The van der Waals surface area contributed by atoms with E-state index in [0.717, 1.165) is 38.7 Å². The highest BCUT2D eigenvalue weighted by molar-refractivity contribution is 7.05. The summed E-state index contributed by atoms with van der Waals surface area (Å²) in [5.41, 5.74) is 9.11. The highest BCUT2D eigenvalue weighted by Gasteiger charge is 2.40. The number of benzene rings is 8. The lowest BCUT2D eigenvalue weighted by Crippen LogP contribution is -2.49. The fourth-order valence-corrected chi connectivity index (χ4v) is 12.5. The van der Waals surface area contributed by atoms with Gasteiger partial charge in [-0.1, -0.05) is 159 Å². The third-order valence-electron chi connectivity index (χ3n) is 11.4. The summed E-state index contributed by atoms with van der Waals surface area (Å²) in [4.78, 5) is 15.9. The van der Waals surface area contributed by atoms with Crippen molar-refractivity contribution in [1.29, 1.82) is 0 Å². The molecular weight excluding hydrogens is 673 g/mol. The molecule has 4 nitrogen and oxygen atoms in total. The molecule has 11 rings (SSSR count). The molecule has 0 saturated carbocycles. The van der Waals surface area contributed by atoms with Crippen LogP contribution in [0.15, 0.2) is 170 Å². The molecule has 0 fully saturated rings. The minimum Gasteiger partial charge on any atom is -0.309 e. The van der Waals surface area contributed by atoms with E-state index in [4.69, 9.17) is 15.0 Å². The minimum atomic E-state index is -2.16. The van der Waals surface area contributed by atoms with Gasteiger partial charge in [0, 0.05) is 33.2 Å². The van der Waals surface area contributed by atoms with Gasteiger partial charge in [0.05, 0.1) is 11.0 Å². The summed E-state index contributed by atoms with van der Waals surface area (Å²) >= 11 is 0. The van der Waals surface area contributed by atoms with Gasteiger partial charge in [-0.2, -0.15) is 0 Å². The normalized spacial score (nSPS) is 13.1. The maximum Gasteiger partial charge on any atom is 0.164 e. The summed E-state index contributed by atoms with van der Waals surface area (Å²) in [5.74, 6) is 1.98. The van der Waals surface area contributed by atoms with E-state index in [1.165, 1.54) is 48.6 Å². The smallest absolute Gasteiger partial charge is 0.164 e. The molecule has 5 heteroatoms. The molecule has 0 bridgehead atoms. The van der Waals surface area contributed by atoms with E-state index >= 15 is 0 Å². The van der Waals surface area contributed by atoms with Crippen LogP contribution < -0.4 is 10.4 Å². The van der Waals surface area contributed by atoms with Gasteiger partial charge in [-0.25, -0.2) is 15.0 Å². The second-order valence-electron chi connectivity index (χ2n) is 14.8. The van der Waals surface area contributed by atoms with Crippen molar-refractivity contribution in [1.82, 2.24) is 19.5 Å². The third-order valence-corrected chi connectivity index (χ3v) is 15.0. The van der Waals surface area contributed by atoms with Crippen LogP contribution in [0.3, 0.4) is 0 Å². The number of rotatable bonds is 4. The van der Waals surface area contributed by atoms with Gasteiger partial charge in [0.15, 0.2) is 17.5 Å². The van der Waals surface area contributed by atoms with Crippen LogP contribution >= 0.6 is 0 Å². The Hall–Kier alpha value is -6.69. The van der Waals surface area contributed by atoms with Crippen molar-refractivity contribution in [2.24, 2.45) is 0 Å². The Morgan fingerprint density at radius 2 is 1.06 bits per heavy atom. The number of fused-ring (bicyclic) bond motifs is 10. The number of nitrogens with zero attached hydrogens (tertiary/aromatic N) is 4. The summed E-state index contributed by atoms with van der Waals surface area (Å²) in [6, 6.07) is 60.8. The second-order valence-corrected chi connectivity index (χ2v) is 19.1. The standard InChI is InChI=1S/C49H34N4Si/c1-54(2)43-27-14-12-23-35(43)37-29-28-36-40(30-42-44(45(36)46(37)54)39-24-11-13-26-41(39)53(42)33-20-7-4-8-21-33)49-51-47(32-17-5-3-6-18-32)50-48(52-49)38-25-15-19-31-16-9-10-22-34(31)38/h3-30H,1-2H3. The maximum absolute atomic E-state index is 5.41. The van der Waals surface area contributed by atoms with Crippen LogP contribution in [-0.2, 0) is 0 Å². The highest BCUT2D eigenvalue weighted by atomic mass is 28.3. The van der Waals surface area contributed by atoms with Crippen LogP contribution in [0.5, 0.6) is 0 Å². The molecular formula is C49H34N4Si. The predicted molar refractivity (Wildman–Crippen MR) is 228 cm³/mol. The van der Waals surface area contributed by atoms with Crippen molar-refractivity contribution in [3.63, 3.8) is 0 Å². The van der Waals surface area contributed by atoms with Crippen molar-refractivity contribution in [3.8, 4) is 51.0 Å². The molecule has 0 saturated heterocycles. The van der Waals surface area contributed by atoms with E-state index in [0.29, 0.717) is 17.5 Å². The van der Waals surface area contributed by atoms with E-state index in [2.05, 4.69) is 169 Å². The SMILES string of the molecule is C[Si]1(C)c2ccccc2-c2ccc3c(-c4nc(-c5ccccc5)nc(-c5cccc6ccccc56)n4)cc4c(c5ccccc5n4-c4ccccc4)c3c21. The summed E-state index contributed by atoms with van der Waals surface area (Å²) in [7, 11) is -2.16. The Morgan fingerprint density at radius 3 is 1.89 bits per heavy atom. The third kappa shape index (κ3) is 4.45. The lowest BCUT2D eigenvalue weighted by Gasteiger charge is -2.22. The highest BCUT2D eigenvalue weighted by Crippen LogP contribution is 2.44. The molecule has 10 aromatic rings. The second kappa shape index (κ2) is 11.7. The van der Waals surface area contributed by atoms with Gasteiger partial charge < -0.3 is 4.57 Å². The van der Waals surface area contributed by atoms with Gasteiger partial charge in [-0.15, -0.1) is 0 Å². The molecule has 0 amide bonds. The minimum absolute atomic E-state index is 0.656. The molecule has 0 atom stereocenters. The van der Waals surface area contributed by atoms with Crippen molar-refractivity contribution < 1.29 is 0 Å². The summed E-state index contributed by atoms with van der Waals surface area (Å²) in [6.07, 6.45) is 0. The van der Waals surface area contributed by atoms with Gasteiger partial charge in [0.2, 0.25) is 0 Å². The number of hydrogen-bond donors (Lipinski definition) is 0. The van der Waals surface area contributed by atoms with E-state index < -0.39 is 8.07 Å². The molecule has 0 N–H and O–H groups in total. The van der Waals surface area contributed by atoms with Gasteiger partial charge in [-0.05, 0) is 67.3 Å². The topological polar surface area (TPSA) is 43.6 Å². The summed E-state index contributed by atoms with van der Waals surface area (Å²) in [5, 5.41) is 10.2. The molecule has 254 valence electrons. The number of aromatic nitrogens is 4. The van der Waals surface area contributed by atoms with Crippen molar-refractivity contribution in [2.75, 3.05) is 0 Å². The predicted octanol–water partition coefficient (Wildman–Crippen LogP) is 11.1. The quantitative estimate of drug-likeness (QED) is 0.171. The Morgan fingerprint density at radius 1 is 0.426 bits per heavy atom. The average molecular weight is 707 g/mol. The largest absolute Gasteiger partial charge is 0.309 e. The number of hydrogen-bond acceptors (Lipinski definition) is 3. The molecule has 0 unspecified atom stereocenters. The van der Waals surface area contributed by atoms with Crippen LogP contribution in [0.4, 0.5) is 0 Å². The van der Waals surface area contributed by atoms with Gasteiger partial charge in [-0.3, -0.25) is 0 Å². The van der Waals surface area contributed by atoms with E-state index in [9.17, 15) is 0 Å². The average Bonchev–Trinajstić information content (AvgIpc) is 3.69. The molecule has 0 aliphatic carbocycles. The molecule has 8 aromatic carbocycles. The zero-order chi connectivity index (χ0) is 36.0. The Labute approximate surface area is 314 Å². The van der Waals surface area contributed by atoms with Crippen LogP contribution in [0.1, 0.15) is 0 Å². The Balaban J connectivity index is 1.32. The summed E-state index contributed by atoms with van der Waals surface area (Å²) in [6.45, 7) is 5.03. The van der Waals surface area contributed by atoms with Crippen LogP contribution in [0, 0.1) is 0 Å². The molecule has 54 heavy (non-hydrogen) atoms. The Kier molecular flexibility index (Phi) is 6.67. The van der Waals surface area contributed by atoms with Crippen molar-refractivity contribution >= 4 is 61.8 Å². The first-order chi connectivity index (χ1) is 26.6. The zero-order valence-corrected chi connectivity index (χ0v) is 31.0. The van der Waals surface area contributed by atoms with Crippen LogP contribution in [-0.4, -0.2) is 27.6 Å².